The van der Waals surface area contributed by atoms with E-state index in [9.17, 15) is 4.79 Å². The number of nitrogens with zero attached hydrogens (tertiary/aromatic N) is 1. The lowest BCUT2D eigenvalue weighted by Crippen LogP contribution is -2.25. The number of nitrogens with one attached hydrogen (secondary N) is 2. The maximum Gasteiger partial charge on any atom is 0.269 e. The van der Waals surface area contributed by atoms with Crippen molar-refractivity contribution in [2.24, 2.45) is 0 Å². The zero-order valence-corrected chi connectivity index (χ0v) is 14.0. The summed E-state index contributed by atoms with van der Waals surface area (Å²) in [5, 5.41) is 9.90. The number of aromatic amines is 1. The predicted octanol–water partition coefficient (Wildman–Crippen LogP) is 3.81. The van der Waals surface area contributed by atoms with Gasteiger partial charge in [-0.05, 0) is 30.2 Å². The normalized spacial score (nSPS) is 10.5. The molecule has 0 radical (unpaired) electrons. The number of halogens is 1. The Hall–Kier alpha value is -2.40. The molecule has 0 bridgehead atoms. The molecule has 0 spiro atoms. The van der Waals surface area contributed by atoms with Gasteiger partial charge in [-0.15, -0.1) is 0 Å². The van der Waals surface area contributed by atoms with Gasteiger partial charge in [-0.2, -0.15) is 5.10 Å². The van der Waals surface area contributed by atoms with E-state index in [4.69, 9.17) is 0 Å². The van der Waals surface area contributed by atoms with E-state index in [0.29, 0.717) is 12.2 Å². The first-order valence-corrected chi connectivity index (χ1v) is 8.15. The molecule has 23 heavy (non-hydrogen) atoms. The van der Waals surface area contributed by atoms with Crippen LogP contribution in [0, 0.1) is 0 Å². The van der Waals surface area contributed by atoms with E-state index >= 15 is 0 Å². The molecule has 0 saturated carbocycles. The highest BCUT2D eigenvalue weighted by Gasteiger charge is 2.10. The fourth-order valence-corrected chi connectivity index (χ4v) is 2.53. The van der Waals surface area contributed by atoms with E-state index in [1.165, 1.54) is 5.56 Å². The Kier molecular flexibility index (Phi) is 4.88. The number of hydrogen-bond donors (Lipinski definition) is 2. The lowest BCUT2D eigenvalue weighted by atomic mass is 10.1. The molecule has 0 unspecified atom stereocenters. The van der Waals surface area contributed by atoms with Crippen LogP contribution in [0.2, 0.25) is 0 Å². The van der Waals surface area contributed by atoms with Crippen LogP contribution >= 0.6 is 15.9 Å². The van der Waals surface area contributed by atoms with Crippen LogP contribution in [0.1, 0.15) is 16.1 Å². The average Bonchev–Trinajstić information content (AvgIpc) is 3.06. The molecule has 3 rings (SSSR count). The minimum atomic E-state index is -0.142. The van der Waals surface area contributed by atoms with Crippen molar-refractivity contribution in [3.8, 4) is 11.3 Å². The lowest BCUT2D eigenvalue weighted by Gasteiger charge is -2.03. The number of rotatable bonds is 5. The zero-order chi connectivity index (χ0) is 16.1. The molecule has 0 fully saturated rings. The summed E-state index contributed by atoms with van der Waals surface area (Å²) >= 11 is 3.40. The third kappa shape index (κ3) is 4.07. The van der Waals surface area contributed by atoms with Crippen LogP contribution in [0.5, 0.6) is 0 Å². The number of benzene rings is 2. The Morgan fingerprint density at radius 2 is 1.83 bits per heavy atom. The second-order valence-electron chi connectivity index (χ2n) is 5.17. The van der Waals surface area contributed by atoms with Crippen molar-refractivity contribution in [1.82, 2.24) is 15.5 Å². The standard InChI is InChI=1S/C18H16BrN3O/c19-15-8-6-14(7-9-15)16-12-17(22-21-16)18(23)20-11-10-13-4-2-1-3-5-13/h1-9,12H,10-11H2,(H,20,23)(H,21,22). The first-order valence-electron chi connectivity index (χ1n) is 7.36. The predicted molar refractivity (Wildman–Crippen MR) is 94.2 cm³/mol. The quantitative estimate of drug-likeness (QED) is 0.718. The summed E-state index contributed by atoms with van der Waals surface area (Å²) in [6.45, 7) is 0.593. The highest BCUT2D eigenvalue weighted by atomic mass is 79.9. The lowest BCUT2D eigenvalue weighted by molar-refractivity contribution is 0.0949. The van der Waals surface area contributed by atoms with Gasteiger partial charge in [-0.1, -0.05) is 58.4 Å². The molecular weight excluding hydrogens is 354 g/mol. The topological polar surface area (TPSA) is 57.8 Å². The van der Waals surface area contributed by atoms with Crippen LogP contribution in [0.4, 0.5) is 0 Å². The molecule has 2 N–H and O–H groups in total. The van der Waals surface area contributed by atoms with Gasteiger partial charge in [0.2, 0.25) is 0 Å². The summed E-state index contributed by atoms with van der Waals surface area (Å²) in [5.74, 6) is -0.142. The molecule has 0 aliphatic rings. The van der Waals surface area contributed by atoms with Crippen molar-refractivity contribution in [2.45, 2.75) is 6.42 Å². The van der Waals surface area contributed by atoms with Crippen LogP contribution in [0.25, 0.3) is 11.3 Å². The zero-order valence-electron chi connectivity index (χ0n) is 12.4. The van der Waals surface area contributed by atoms with Crippen LogP contribution in [-0.2, 0) is 6.42 Å². The highest BCUT2D eigenvalue weighted by molar-refractivity contribution is 9.10. The second kappa shape index (κ2) is 7.24. The maximum absolute atomic E-state index is 12.1. The van der Waals surface area contributed by atoms with Crippen molar-refractivity contribution in [1.29, 1.82) is 0 Å². The monoisotopic (exact) mass is 369 g/mol. The van der Waals surface area contributed by atoms with Crippen molar-refractivity contribution < 1.29 is 4.79 Å². The molecule has 1 amide bonds. The molecule has 1 aromatic heterocycles. The highest BCUT2D eigenvalue weighted by Crippen LogP contribution is 2.20. The van der Waals surface area contributed by atoms with Gasteiger partial charge in [0, 0.05) is 16.6 Å². The van der Waals surface area contributed by atoms with Crippen molar-refractivity contribution in [2.75, 3.05) is 6.54 Å². The molecule has 1 heterocycles. The number of H-pyrrole nitrogens is 1. The van der Waals surface area contributed by atoms with Crippen LogP contribution in [0.3, 0.4) is 0 Å². The van der Waals surface area contributed by atoms with Crippen molar-refractivity contribution in [3.63, 3.8) is 0 Å². The Morgan fingerprint density at radius 1 is 1.09 bits per heavy atom. The molecule has 5 heteroatoms. The summed E-state index contributed by atoms with van der Waals surface area (Å²) in [7, 11) is 0. The molecule has 0 aliphatic heterocycles. The van der Waals surface area contributed by atoms with Gasteiger partial charge in [-0.25, -0.2) is 0 Å². The maximum atomic E-state index is 12.1. The van der Waals surface area contributed by atoms with Crippen LogP contribution < -0.4 is 5.32 Å². The number of carbonyl (C=O) groups is 1. The molecule has 116 valence electrons. The molecule has 2 aromatic carbocycles. The van der Waals surface area contributed by atoms with Gasteiger partial charge in [-0.3, -0.25) is 9.89 Å². The molecule has 0 saturated heterocycles. The first kappa shape index (κ1) is 15.5. The largest absolute Gasteiger partial charge is 0.350 e. The van der Waals surface area contributed by atoms with Crippen molar-refractivity contribution >= 4 is 21.8 Å². The van der Waals surface area contributed by atoms with Gasteiger partial charge in [0.15, 0.2) is 0 Å². The van der Waals surface area contributed by atoms with Gasteiger partial charge in [0.25, 0.3) is 5.91 Å². The summed E-state index contributed by atoms with van der Waals surface area (Å²) in [6, 6.07) is 19.6. The molecule has 0 aliphatic carbocycles. The Balaban J connectivity index is 1.59. The fourth-order valence-electron chi connectivity index (χ4n) is 2.27. The molecular formula is C18H16BrN3O. The Bertz CT molecular complexity index is 782. The molecule has 3 aromatic rings. The van der Waals surface area contributed by atoms with E-state index in [0.717, 1.165) is 22.2 Å². The molecule has 4 nitrogen and oxygen atoms in total. The van der Waals surface area contributed by atoms with Gasteiger partial charge >= 0.3 is 0 Å². The van der Waals surface area contributed by atoms with E-state index in [1.807, 2.05) is 54.6 Å². The third-order valence-electron chi connectivity index (χ3n) is 3.50. The fraction of sp³-hybridized carbons (Fsp3) is 0.111. The van der Waals surface area contributed by atoms with E-state index in [-0.39, 0.29) is 5.91 Å². The van der Waals surface area contributed by atoms with E-state index in [1.54, 1.807) is 6.07 Å². The Labute approximate surface area is 143 Å². The third-order valence-corrected chi connectivity index (χ3v) is 4.03. The van der Waals surface area contributed by atoms with E-state index < -0.39 is 0 Å². The molecule has 0 atom stereocenters. The second-order valence-corrected chi connectivity index (χ2v) is 6.08. The van der Waals surface area contributed by atoms with Gasteiger partial charge < -0.3 is 5.32 Å². The summed E-state index contributed by atoms with van der Waals surface area (Å²) in [5.41, 5.74) is 3.39. The SMILES string of the molecule is O=C(NCCc1ccccc1)c1cc(-c2ccc(Br)cc2)n[nH]1. The summed E-state index contributed by atoms with van der Waals surface area (Å²) in [4.78, 5) is 12.1. The number of carbonyl (C=O) groups excluding carboxylic acids is 1. The van der Waals surface area contributed by atoms with Gasteiger partial charge in [0.1, 0.15) is 5.69 Å². The summed E-state index contributed by atoms with van der Waals surface area (Å²) in [6.07, 6.45) is 0.806. The first-order chi connectivity index (χ1) is 11.2. The average molecular weight is 370 g/mol. The smallest absolute Gasteiger partial charge is 0.269 e. The Morgan fingerprint density at radius 3 is 2.57 bits per heavy atom. The minimum Gasteiger partial charge on any atom is -0.350 e. The number of aromatic nitrogens is 2. The number of hydrogen-bond acceptors (Lipinski definition) is 2. The minimum absolute atomic E-state index is 0.142. The van der Waals surface area contributed by atoms with Crippen molar-refractivity contribution in [3.05, 3.63) is 76.4 Å². The van der Waals surface area contributed by atoms with Crippen LogP contribution in [0.15, 0.2) is 65.1 Å². The number of amides is 1. The van der Waals surface area contributed by atoms with Crippen LogP contribution in [-0.4, -0.2) is 22.6 Å². The van der Waals surface area contributed by atoms with E-state index in [2.05, 4.69) is 31.4 Å². The van der Waals surface area contributed by atoms with Gasteiger partial charge in [0.05, 0.1) is 5.69 Å². The summed E-state index contributed by atoms with van der Waals surface area (Å²) < 4.78 is 1.01.